The van der Waals surface area contributed by atoms with Crippen LogP contribution in [0.25, 0.3) is 0 Å². The molecule has 2 aromatic rings. The van der Waals surface area contributed by atoms with Crippen LogP contribution in [0.1, 0.15) is 54.1 Å². The quantitative estimate of drug-likeness (QED) is 0.829. The largest absolute Gasteiger partial charge is 0.329 e. The lowest BCUT2D eigenvalue weighted by molar-refractivity contribution is -0.154. The molecule has 6 heteroatoms. The van der Waals surface area contributed by atoms with Crippen LogP contribution in [0.2, 0.25) is 0 Å². The highest BCUT2D eigenvalue weighted by atomic mass is 16.2. The summed E-state index contributed by atoms with van der Waals surface area (Å²) < 4.78 is 0. The van der Waals surface area contributed by atoms with E-state index < -0.39 is 0 Å². The molecule has 2 aliphatic rings. The molecular weight excluding hydrogens is 378 g/mol. The molecule has 0 saturated carbocycles. The fourth-order valence-corrected chi connectivity index (χ4v) is 4.14. The van der Waals surface area contributed by atoms with Gasteiger partial charge in [-0.1, -0.05) is 38.1 Å². The van der Waals surface area contributed by atoms with Gasteiger partial charge in [0.2, 0.25) is 11.8 Å². The number of benzene rings is 2. The van der Waals surface area contributed by atoms with Crippen LogP contribution in [-0.4, -0.2) is 46.7 Å². The third-order valence-corrected chi connectivity index (χ3v) is 5.92. The second-order valence-corrected chi connectivity index (χ2v) is 8.37. The van der Waals surface area contributed by atoms with Crippen LogP contribution in [0.3, 0.4) is 0 Å². The SMILES string of the molecule is CC(C)c1ccc(NC(=O)c2ccc(CN3CC(=O)N4CCCC4C3=O)cc2)cc1. The van der Waals surface area contributed by atoms with Gasteiger partial charge in [0.05, 0.1) is 0 Å². The second-order valence-electron chi connectivity index (χ2n) is 8.37. The van der Waals surface area contributed by atoms with Gasteiger partial charge in [-0.3, -0.25) is 14.4 Å². The van der Waals surface area contributed by atoms with Gasteiger partial charge in [-0.25, -0.2) is 0 Å². The molecule has 1 unspecified atom stereocenters. The average molecular weight is 405 g/mol. The molecule has 1 atom stereocenters. The monoisotopic (exact) mass is 405 g/mol. The Balaban J connectivity index is 1.38. The Morgan fingerprint density at radius 1 is 1.07 bits per heavy atom. The number of fused-ring (bicyclic) bond motifs is 1. The molecule has 2 aromatic carbocycles. The predicted molar refractivity (Wildman–Crippen MR) is 115 cm³/mol. The number of rotatable bonds is 5. The predicted octanol–water partition coefficient (Wildman–Crippen LogP) is 3.40. The summed E-state index contributed by atoms with van der Waals surface area (Å²) in [7, 11) is 0. The molecule has 0 radical (unpaired) electrons. The maximum atomic E-state index is 12.7. The Labute approximate surface area is 176 Å². The fraction of sp³-hybridized carbons (Fsp3) is 0.375. The lowest BCUT2D eigenvalue weighted by Gasteiger charge is -2.36. The first-order valence-electron chi connectivity index (χ1n) is 10.5. The minimum Gasteiger partial charge on any atom is -0.329 e. The Bertz CT molecular complexity index is 951. The topological polar surface area (TPSA) is 69.7 Å². The highest BCUT2D eigenvalue weighted by Gasteiger charge is 2.41. The number of nitrogens with one attached hydrogen (secondary N) is 1. The summed E-state index contributed by atoms with van der Waals surface area (Å²) in [6.07, 6.45) is 1.64. The van der Waals surface area contributed by atoms with Gasteiger partial charge in [-0.2, -0.15) is 0 Å². The molecule has 156 valence electrons. The number of carbonyl (C=O) groups is 3. The van der Waals surface area contributed by atoms with E-state index in [1.807, 2.05) is 36.4 Å². The van der Waals surface area contributed by atoms with Crippen LogP contribution in [0.4, 0.5) is 5.69 Å². The van der Waals surface area contributed by atoms with E-state index in [2.05, 4.69) is 19.2 Å². The van der Waals surface area contributed by atoms with E-state index in [-0.39, 0.29) is 30.3 Å². The number of piperazine rings is 1. The Hall–Kier alpha value is -3.15. The van der Waals surface area contributed by atoms with Gasteiger partial charge >= 0.3 is 0 Å². The van der Waals surface area contributed by atoms with Crippen molar-refractivity contribution in [3.05, 3.63) is 65.2 Å². The first kappa shape index (κ1) is 20.1. The van der Waals surface area contributed by atoms with Crippen LogP contribution in [0.15, 0.2) is 48.5 Å². The van der Waals surface area contributed by atoms with E-state index in [1.54, 1.807) is 21.9 Å². The number of amides is 3. The molecule has 6 nitrogen and oxygen atoms in total. The average Bonchev–Trinajstić information content (AvgIpc) is 3.23. The van der Waals surface area contributed by atoms with E-state index in [0.29, 0.717) is 24.6 Å². The molecule has 0 bridgehead atoms. The van der Waals surface area contributed by atoms with Gasteiger partial charge < -0.3 is 15.1 Å². The minimum atomic E-state index is -0.293. The molecule has 1 N–H and O–H groups in total. The van der Waals surface area contributed by atoms with Crippen LogP contribution in [-0.2, 0) is 16.1 Å². The van der Waals surface area contributed by atoms with Crippen molar-refractivity contribution in [3.63, 3.8) is 0 Å². The van der Waals surface area contributed by atoms with E-state index in [9.17, 15) is 14.4 Å². The highest BCUT2D eigenvalue weighted by molar-refractivity contribution is 6.04. The Kier molecular flexibility index (Phi) is 5.57. The van der Waals surface area contributed by atoms with Gasteiger partial charge in [0.25, 0.3) is 5.91 Å². The summed E-state index contributed by atoms with van der Waals surface area (Å²) in [6, 6.07) is 14.8. The molecule has 4 rings (SSSR count). The van der Waals surface area contributed by atoms with Crippen LogP contribution in [0.5, 0.6) is 0 Å². The molecule has 0 spiro atoms. The third-order valence-electron chi connectivity index (χ3n) is 5.92. The summed E-state index contributed by atoms with van der Waals surface area (Å²) >= 11 is 0. The number of hydrogen-bond acceptors (Lipinski definition) is 3. The standard InChI is InChI=1S/C24H27N3O3/c1-16(2)18-9-11-20(12-10-18)25-23(29)19-7-5-17(6-8-19)14-26-15-22(28)27-13-3-4-21(27)24(26)30/h5-12,16,21H,3-4,13-15H2,1-2H3,(H,25,29). The van der Waals surface area contributed by atoms with Crippen molar-refractivity contribution in [2.45, 2.75) is 45.2 Å². The lowest BCUT2D eigenvalue weighted by atomic mass is 10.0. The van der Waals surface area contributed by atoms with Crippen molar-refractivity contribution in [2.75, 3.05) is 18.4 Å². The lowest BCUT2D eigenvalue weighted by Crippen LogP contribution is -2.56. The molecule has 2 fully saturated rings. The van der Waals surface area contributed by atoms with Crippen molar-refractivity contribution in [1.29, 1.82) is 0 Å². The van der Waals surface area contributed by atoms with Gasteiger partial charge in [0.15, 0.2) is 0 Å². The Morgan fingerprint density at radius 3 is 2.43 bits per heavy atom. The van der Waals surface area contributed by atoms with Crippen molar-refractivity contribution in [2.24, 2.45) is 0 Å². The summed E-state index contributed by atoms with van der Waals surface area (Å²) in [5.41, 5.74) is 3.44. The van der Waals surface area contributed by atoms with Crippen molar-refractivity contribution < 1.29 is 14.4 Å². The van der Waals surface area contributed by atoms with Gasteiger partial charge in [0, 0.05) is 24.3 Å². The summed E-state index contributed by atoms with van der Waals surface area (Å²) in [5, 5.41) is 2.91. The zero-order valence-corrected chi connectivity index (χ0v) is 17.4. The van der Waals surface area contributed by atoms with E-state index in [4.69, 9.17) is 0 Å². The van der Waals surface area contributed by atoms with E-state index in [1.165, 1.54) is 5.56 Å². The van der Waals surface area contributed by atoms with Gasteiger partial charge in [0.1, 0.15) is 12.6 Å². The number of nitrogens with zero attached hydrogens (tertiary/aromatic N) is 2. The zero-order valence-electron chi connectivity index (χ0n) is 17.4. The zero-order chi connectivity index (χ0) is 21.3. The van der Waals surface area contributed by atoms with Gasteiger partial charge in [-0.15, -0.1) is 0 Å². The molecule has 0 aliphatic carbocycles. The molecular formula is C24H27N3O3. The third kappa shape index (κ3) is 4.08. The summed E-state index contributed by atoms with van der Waals surface area (Å²) in [4.78, 5) is 40.8. The highest BCUT2D eigenvalue weighted by Crippen LogP contribution is 2.25. The molecule has 2 heterocycles. The number of carbonyl (C=O) groups excluding carboxylic acids is 3. The molecule has 0 aromatic heterocycles. The number of anilines is 1. The first-order chi connectivity index (χ1) is 14.4. The van der Waals surface area contributed by atoms with Crippen molar-refractivity contribution in [3.8, 4) is 0 Å². The number of hydrogen-bond donors (Lipinski definition) is 1. The second kappa shape index (κ2) is 8.30. The van der Waals surface area contributed by atoms with Crippen LogP contribution < -0.4 is 5.32 Å². The van der Waals surface area contributed by atoms with E-state index in [0.717, 1.165) is 24.1 Å². The van der Waals surface area contributed by atoms with Crippen LogP contribution >= 0.6 is 0 Å². The van der Waals surface area contributed by atoms with Crippen molar-refractivity contribution in [1.82, 2.24) is 9.80 Å². The molecule has 3 amide bonds. The molecule has 2 aliphatic heterocycles. The van der Waals surface area contributed by atoms with Crippen molar-refractivity contribution >= 4 is 23.4 Å². The summed E-state index contributed by atoms with van der Waals surface area (Å²) in [5.74, 6) is 0.320. The summed E-state index contributed by atoms with van der Waals surface area (Å²) in [6.45, 7) is 5.46. The smallest absolute Gasteiger partial charge is 0.255 e. The maximum absolute atomic E-state index is 12.7. The Morgan fingerprint density at radius 2 is 1.77 bits per heavy atom. The molecule has 30 heavy (non-hydrogen) atoms. The maximum Gasteiger partial charge on any atom is 0.255 e. The van der Waals surface area contributed by atoms with Crippen LogP contribution in [0, 0.1) is 0 Å². The van der Waals surface area contributed by atoms with Gasteiger partial charge in [-0.05, 0) is 54.2 Å². The molecule has 2 saturated heterocycles. The van der Waals surface area contributed by atoms with E-state index >= 15 is 0 Å². The first-order valence-corrected chi connectivity index (χ1v) is 10.5. The fourth-order valence-electron chi connectivity index (χ4n) is 4.14. The minimum absolute atomic E-state index is 0.0246. The normalized spacial score (nSPS) is 18.7.